The number of hydrogen-bond donors (Lipinski definition) is 0. The summed E-state index contributed by atoms with van der Waals surface area (Å²) >= 11 is 0. The Morgan fingerprint density at radius 3 is 2.85 bits per heavy atom. The normalized spacial score (nSPS) is 20.3. The SMILES string of the molecule is COc1ccc(C2=C3C=CC=CC3C(=O)N=N2)cc1F. The van der Waals surface area contributed by atoms with Crippen LogP contribution >= 0.6 is 0 Å². The van der Waals surface area contributed by atoms with Gasteiger partial charge in [0, 0.05) is 5.56 Å². The molecule has 100 valence electrons. The van der Waals surface area contributed by atoms with E-state index in [1.54, 1.807) is 24.3 Å². The summed E-state index contributed by atoms with van der Waals surface area (Å²) in [5.41, 5.74) is 1.81. The lowest BCUT2D eigenvalue weighted by Crippen LogP contribution is -2.17. The van der Waals surface area contributed by atoms with Gasteiger partial charge in [0.1, 0.15) is 0 Å². The van der Waals surface area contributed by atoms with Crippen LogP contribution in [0.4, 0.5) is 4.39 Å². The Morgan fingerprint density at radius 1 is 1.25 bits per heavy atom. The van der Waals surface area contributed by atoms with E-state index in [2.05, 4.69) is 10.2 Å². The lowest BCUT2D eigenvalue weighted by atomic mass is 9.89. The van der Waals surface area contributed by atoms with E-state index in [0.717, 1.165) is 5.57 Å². The minimum Gasteiger partial charge on any atom is -0.494 e. The smallest absolute Gasteiger partial charge is 0.276 e. The van der Waals surface area contributed by atoms with Gasteiger partial charge in [0.2, 0.25) is 0 Å². The van der Waals surface area contributed by atoms with E-state index in [9.17, 15) is 9.18 Å². The third kappa shape index (κ3) is 1.97. The van der Waals surface area contributed by atoms with Crippen molar-refractivity contribution >= 4 is 11.6 Å². The number of nitrogens with zero attached hydrogens (tertiary/aromatic N) is 2. The second-order valence-corrected chi connectivity index (χ2v) is 4.41. The number of carbonyl (C=O) groups excluding carboxylic acids is 1. The first-order valence-corrected chi connectivity index (χ1v) is 6.09. The average Bonchev–Trinajstić information content (AvgIpc) is 2.48. The molecule has 1 unspecified atom stereocenters. The molecule has 0 saturated heterocycles. The van der Waals surface area contributed by atoms with Gasteiger partial charge in [0.05, 0.1) is 18.7 Å². The standard InChI is InChI=1S/C15H11FN2O2/c1-20-13-7-6-9(8-12(13)16)14-10-4-2-3-5-11(10)15(19)18-17-14/h2-8,11H,1H3. The number of carbonyl (C=O) groups is 1. The van der Waals surface area contributed by atoms with Crippen LogP contribution in [-0.4, -0.2) is 13.0 Å². The van der Waals surface area contributed by atoms with Gasteiger partial charge in [0.15, 0.2) is 11.6 Å². The van der Waals surface area contributed by atoms with E-state index >= 15 is 0 Å². The molecule has 0 bridgehead atoms. The van der Waals surface area contributed by atoms with Crippen molar-refractivity contribution in [2.45, 2.75) is 0 Å². The molecule has 0 aromatic heterocycles. The summed E-state index contributed by atoms with van der Waals surface area (Å²) < 4.78 is 18.7. The number of halogens is 1. The molecule has 1 aliphatic carbocycles. The highest BCUT2D eigenvalue weighted by Crippen LogP contribution is 2.35. The van der Waals surface area contributed by atoms with Crippen molar-refractivity contribution in [3.63, 3.8) is 0 Å². The first-order valence-electron chi connectivity index (χ1n) is 6.09. The topological polar surface area (TPSA) is 51.0 Å². The van der Waals surface area contributed by atoms with Gasteiger partial charge < -0.3 is 4.74 Å². The van der Waals surface area contributed by atoms with E-state index < -0.39 is 11.7 Å². The third-order valence-electron chi connectivity index (χ3n) is 3.24. The summed E-state index contributed by atoms with van der Waals surface area (Å²) in [6.45, 7) is 0. The number of azo groups is 1. The number of fused-ring (bicyclic) bond motifs is 1. The van der Waals surface area contributed by atoms with Crippen LogP contribution in [0.2, 0.25) is 0 Å². The van der Waals surface area contributed by atoms with Crippen LogP contribution < -0.4 is 4.74 Å². The molecule has 0 spiro atoms. The van der Waals surface area contributed by atoms with Crippen LogP contribution in [0.5, 0.6) is 5.75 Å². The zero-order valence-corrected chi connectivity index (χ0v) is 10.7. The molecule has 1 atom stereocenters. The molecule has 1 heterocycles. The fraction of sp³-hybridized carbons (Fsp3) is 0.133. The third-order valence-corrected chi connectivity index (χ3v) is 3.24. The quantitative estimate of drug-likeness (QED) is 0.828. The molecule has 0 saturated carbocycles. The molecule has 1 amide bonds. The summed E-state index contributed by atoms with van der Waals surface area (Å²) in [5.74, 6) is -1.05. The Hall–Kier alpha value is -2.56. The largest absolute Gasteiger partial charge is 0.494 e. The lowest BCUT2D eigenvalue weighted by molar-refractivity contribution is -0.119. The molecule has 1 aromatic rings. The maximum atomic E-state index is 13.8. The Kier molecular flexibility index (Phi) is 3.02. The van der Waals surface area contributed by atoms with Crippen molar-refractivity contribution in [3.05, 3.63) is 59.5 Å². The van der Waals surface area contributed by atoms with Crippen LogP contribution in [0.15, 0.2) is 58.3 Å². The molecular weight excluding hydrogens is 259 g/mol. The van der Waals surface area contributed by atoms with Crippen molar-refractivity contribution < 1.29 is 13.9 Å². The summed E-state index contributed by atoms with van der Waals surface area (Å²) in [4.78, 5) is 11.7. The Labute approximate surface area is 115 Å². The monoisotopic (exact) mass is 270 g/mol. The molecule has 1 aliphatic heterocycles. The van der Waals surface area contributed by atoms with E-state index in [0.29, 0.717) is 11.3 Å². The highest BCUT2D eigenvalue weighted by atomic mass is 19.1. The summed E-state index contributed by atoms with van der Waals surface area (Å²) in [5, 5.41) is 7.56. The van der Waals surface area contributed by atoms with Gasteiger partial charge in [-0.05, 0) is 23.8 Å². The maximum Gasteiger partial charge on any atom is 0.276 e. The van der Waals surface area contributed by atoms with Crippen molar-refractivity contribution in [1.82, 2.24) is 0 Å². The van der Waals surface area contributed by atoms with Gasteiger partial charge in [-0.1, -0.05) is 24.3 Å². The van der Waals surface area contributed by atoms with Crippen molar-refractivity contribution in [1.29, 1.82) is 0 Å². The number of amides is 1. The Bertz CT molecular complexity index is 702. The number of benzene rings is 1. The predicted octanol–water partition coefficient (Wildman–Crippen LogP) is 3.28. The number of methoxy groups -OCH3 is 1. The summed E-state index contributed by atoms with van der Waals surface area (Å²) in [6, 6.07) is 4.56. The molecular formula is C15H11FN2O2. The minimum atomic E-state index is -0.475. The van der Waals surface area contributed by atoms with E-state index in [1.807, 2.05) is 6.08 Å². The fourth-order valence-corrected chi connectivity index (χ4v) is 2.24. The Morgan fingerprint density at radius 2 is 2.10 bits per heavy atom. The van der Waals surface area contributed by atoms with Crippen molar-refractivity contribution in [3.8, 4) is 5.75 Å². The van der Waals surface area contributed by atoms with Gasteiger partial charge in [-0.3, -0.25) is 4.79 Å². The zero-order chi connectivity index (χ0) is 14.1. The molecule has 0 radical (unpaired) electrons. The number of rotatable bonds is 2. The molecule has 0 fully saturated rings. The second kappa shape index (κ2) is 4.85. The Balaban J connectivity index is 2.11. The number of hydrogen-bond acceptors (Lipinski definition) is 3. The van der Waals surface area contributed by atoms with Crippen LogP contribution in [0.25, 0.3) is 5.70 Å². The number of allylic oxidation sites excluding steroid dienone is 3. The van der Waals surface area contributed by atoms with E-state index in [1.165, 1.54) is 19.2 Å². The van der Waals surface area contributed by atoms with Gasteiger partial charge >= 0.3 is 0 Å². The van der Waals surface area contributed by atoms with Crippen LogP contribution in [0, 0.1) is 11.7 Å². The van der Waals surface area contributed by atoms with Gasteiger partial charge in [0.25, 0.3) is 5.91 Å². The summed E-state index contributed by atoms with van der Waals surface area (Å²) in [6.07, 6.45) is 7.17. The van der Waals surface area contributed by atoms with Crippen molar-refractivity contribution in [2.24, 2.45) is 16.1 Å². The first-order chi connectivity index (χ1) is 9.70. The maximum absolute atomic E-state index is 13.8. The van der Waals surface area contributed by atoms with Gasteiger partial charge in [-0.2, -0.15) is 0 Å². The molecule has 4 nitrogen and oxygen atoms in total. The minimum absolute atomic E-state index is 0.166. The molecule has 0 N–H and O–H groups in total. The van der Waals surface area contributed by atoms with E-state index in [4.69, 9.17) is 4.74 Å². The highest BCUT2D eigenvalue weighted by Gasteiger charge is 2.27. The van der Waals surface area contributed by atoms with Crippen LogP contribution in [0.3, 0.4) is 0 Å². The first kappa shape index (κ1) is 12.5. The molecule has 3 rings (SSSR count). The number of ether oxygens (including phenoxy) is 1. The molecule has 2 aliphatic rings. The van der Waals surface area contributed by atoms with Gasteiger partial charge in [-0.25, -0.2) is 4.39 Å². The highest BCUT2D eigenvalue weighted by molar-refractivity contribution is 5.91. The molecule has 5 heteroatoms. The van der Waals surface area contributed by atoms with Gasteiger partial charge in [-0.15, -0.1) is 10.2 Å². The summed E-state index contributed by atoms with van der Waals surface area (Å²) in [7, 11) is 1.41. The lowest BCUT2D eigenvalue weighted by Gasteiger charge is -2.19. The molecule has 1 aromatic carbocycles. The zero-order valence-electron chi connectivity index (χ0n) is 10.7. The second-order valence-electron chi connectivity index (χ2n) is 4.41. The average molecular weight is 270 g/mol. The molecule has 20 heavy (non-hydrogen) atoms. The fourth-order valence-electron chi connectivity index (χ4n) is 2.24. The van der Waals surface area contributed by atoms with Crippen molar-refractivity contribution in [2.75, 3.05) is 7.11 Å². The van der Waals surface area contributed by atoms with Crippen LogP contribution in [-0.2, 0) is 4.79 Å². The van der Waals surface area contributed by atoms with E-state index in [-0.39, 0.29) is 11.7 Å². The van der Waals surface area contributed by atoms with Crippen LogP contribution in [0.1, 0.15) is 5.56 Å². The predicted molar refractivity (Wildman–Crippen MR) is 71.5 cm³/mol.